The van der Waals surface area contributed by atoms with Crippen LogP contribution >= 0.6 is 0 Å². The van der Waals surface area contributed by atoms with Gasteiger partial charge in [-0.3, -0.25) is 4.79 Å². The summed E-state index contributed by atoms with van der Waals surface area (Å²) in [5.41, 5.74) is 1.30. The summed E-state index contributed by atoms with van der Waals surface area (Å²) in [7, 11) is 1.82. The summed E-state index contributed by atoms with van der Waals surface area (Å²) >= 11 is 0. The van der Waals surface area contributed by atoms with Crippen LogP contribution in [0.5, 0.6) is 5.75 Å². The number of benzene rings is 1. The molecule has 3 N–H and O–H groups in total. The minimum Gasteiger partial charge on any atom is -0.494 e. The number of nitrogens with one attached hydrogen (secondary N) is 2. The third-order valence-corrected chi connectivity index (χ3v) is 3.59. The summed E-state index contributed by atoms with van der Waals surface area (Å²) in [6, 6.07) is 5.29. The molecule has 0 spiro atoms. The molecule has 1 amide bonds. The molecular weight excluding hydrogens is 272 g/mol. The first-order valence-electron chi connectivity index (χ1n) is 7.12. The zero-order valence-electron chi connectivity index (χ0n) is 12.4. The van der Waals surface area contributed by atoms with Crippen molar-refractivity contribution < 1.29 is 19.4 Å². The molecule has 1 fully saturated rings. The van der Waals surface area contributed by atoms with Gasteiger partial charge in [0.15, 0.2) is 0 Å². The molecule has 116 valence electrons. The van der Waals surface area contributed by atoms with E-state index in [1.165, 1.54) is 0 Å². The lowest BCUT2D eigenvalue weighted by Gasteiger charge is -2.17. The monoisotopic (exact) mass is 294 g/mol. The molecule has 6 heteroatoms. The van der Waals surface area contributed by atoms with Crippen LogP contribution in [0.25, 0.3) is 0 Å². The lowest BCUT2D eigenvalue weighted by molar-refractivity contribution is -0.120. The van der Waals surface area contributed by atoms with Gasteiger partial charge in [0.2, 0.25) is 5.91 Å². The number of amides is 1. The van der Waals surface area contributed by atoms with E-state index in [2.05, 4.69) is 10.6 Å². The molecule has 6 nitrogen and oxygen atoms in total. The van der Waals surface area contributed by atoms with Crippen molar-refractivity contribution in [1.82, 2.24) is 5.32 Å². The summed E-state index contributed by atoms with van der Waals surface area (Å²) in [4.78, 5) is 12.3. The van der Waals surface area contributed by atoms with Crippen LogP contribution in [-0.2, 0) is 16.1 Å². The van der Waals surface area contributed by atoms with Gasteiger partial charge in [0.1, 0.15) is 5.75 Å². The highest BCUT2D eigenvalue weighted by atomic mass is 16.5. The Morgan fingerprint density at radius 1 is 1.48 bits per heavy atom. The van der Waals surface area contributed by atoms with Crippen LogP contribution in [0.2, 0.25) is 0 Å². The third-order valence-electron chi connectivity index (χ3n) is 3.59. The van der Waals surface area contributed by atoms with Gasteiger partial charge < -0.3 is 25.2 Å². The average molecular weight is 294 g/mol. The number of rotatable bonds is 6. The normalized spacial score (nSPS) is 21.3. The number of likely N-dealkylation sites (N-methyl/N-ethyl adjacent to an activating group) is 1. The molecule has 1 saturated heterocycles. The lowest BCUT2D eigenvalue weighted by atomic mass is 10.0. The predicted octanol–water partition coefficient (Wildman–Crippen LogP) is 0.750. The van der Waals surface area contributed by atoms with Gasteiger partial charge in [-0.2, -0.15) is 0 Å². The minimum atomic E-state index is -0.209. The summed E-state index contributed by atoms with van der Waals surface area (Å²) in [5, 5.41) is 15.3. The molecule has 0 bridgehead atoms. The van der Waals surface area contributed by atoms with Crippen molar-refractivity contribution in [3.8, 4) is 5.75 Å². The largest absolute Gasteiger partial charge is 0.494 e. The van der Waals surface area contributed by atoms with Crippen LogP contribution in [0, 0.1) is 5.92 Å². The minimum absolute atomic E-state index is 0.0324. The van der Waals surface area contributed by atoms with Gasteiger partial charge in [0, 0.05) is 17.3 Å². The van der Waals surface area contributed by atoms with E-state index < -0.39 is 0 Å². The molecule has 1 aliphatic rings. The number of hydrogen-bond donors (Lipinski definition) is 3. The topological polar surface area (TPSA) is 79.8 Å². The van der Waals surface area contributed by atoms with Crippen molar-refractivity contribution in [1.29, 1.82) is 0 Å². The third kappa shape index (κ3) is 3.72. The number of aliphatic hydroxyl groups is 1. The Bertz CT molecular complexity index is 493. The number of aliphatic hydroxyl groups excluding tert-OH is 1. The highest BCUT2D eigenvalue weighted by Gasteiger charge is 2.32. The lowest BCUT2D eigenvalue weighted by Crippen LogP contribution is -2.39. The summed E-state index contributed by atoms with van der Waals surface area (Å²) < 4.78 is 10.8. The van der Waals surface area contributed by atoms with Gasteiger partial charge in [0.05, 0.1) is 32.3 Å². The zero-order chi connectivity index (χ0) is 15.2. The Labute approximate surface area is 124 Å². The van der Waals surface area contributed by atoms with Gasteiger partial charge in [-0.05, 0) is 32.2 Å². The van der Waals surface area contributed by atoms with Crippen LogP contribution < -0.4 is 15.4 Å². The van der Waals surface area contributed by atoms with E-state index in [-0.39, 0.29) is 24.5 Å². The summed E-state index contributed by atoms with van der Waals surface area (Å²) in [6.07, 6.45) is 0. The molecule has 2 unspecified atom stereocenters. The van der Waals surface area contributed by atoms with Crippen molar-refractivity contribution in [2.45, 2.75) is 19.6 Å². The highest BCUT2D eigenvalue weighted by molar-refractivity contribution is 5.93. The van der Waals surface area contributed by atoms with E-state index in [9.17, 15) is 9.90 Å². The molecular formula is C15H22N2O4. The molecule has 1 aromatic carbocycles. The molecule has 0 aliphatic carbocycles. The Morgan fingerprint density at radius 3 is 2.95 bits per heavy atom. The highest BCUT2D eigenvalue weighted by Crippen LogP contribution is 2.24. The summed E-state index contributed by atoms with van der Waals surface area (Å²) in [5.74, 6) is 0.342. The Morgan fingerprint density at radius 2 is 2.29 bits per heavy atom. The molecule has 1 aromatic rings. The number of ether oxygens (including phenoxy) is 2. The van der Waals surface area contributed by atoms with Crippen molar-refractivity contribution >= 4 is 11.6 Å². The van der Waals surface area contributed by atoms with Crippen molar-refractivity contribution in [2.75, 3.05) is 32.2 Å². The molecule has 0 radical (unpaired) electrons. The second kappa shape index (κ2) is 7.40. The van der Waals surface area contributed by atoms with Gasteiger partial charge in [-0.15, -0.1) is 0 Å². The van der Waals surface area contributed by atoms with Crippen molar-refractivity contribution in [3.63, 3.8) is 0 Å². The van der Waals surface area contributed by atoms with Gasteiger partial charge in [-0.25, -0.2) is 0 Å². The van der Waals surface area contributed by atoms with Gasteiger partial charge in [0.25, 0.3) is 0 Å². The number of carbonyl (C=O) groups is 1. The Balaban J connectivity index is 2.07. The second-order valence-electron chi connectivity index (χ2n) is 4.94. The van der Waals surface area contributed by atoms with E-state index in [4.69, 9.17) is 9.47 Å². The maximum absolute atomic E-state index is 12.3. The fourth-order valence-corrected chi connectivity index (χ4v) is 2.41. The van der Waals surface area contributed by atoms with Crippen LogP contribution in [0.15, 0.2) is 18.2 Å². The molecule has 0 aromatic heterocycles. The number of carbonyl (C=O) groups excluding carboxylic acids is 1. The van der Waals surface area contributed by atoms with E-state index in [1.807, 2.05) is 14.0 Å². The maximum atomic E-state index is 12.3. The summed E-state index contributed by atoms with van der Waals surface area (Å²) in [6.45, 7) is 3.24. The van der Waals surface area contributed by atoms with Gasteiger partial charge >= 0.3 is 0 Å². The molecule has 2 rings (SSSR count). The smallest absolute Gasteiger partial charge is 0.231 e. The SMILES string of the molecule is CCOc1ccc(NC(=O)C2COCC2NC)cc1CO. The van der Waals surface area contributed by atoms with Gasteiger partial charge in [-0.1, -0.05) is 0 Å². The van der Waals surface area contributed by atoms with Crippen LogP contribution in [-0.4, -0.2) is 43.9 Å². The van der Waals surface area contributed by atoms with Crippen molar-refractivity contribution in [3.05, 3.63) is 23.8 Å². The van der Waals surface area contributed by atoms with Crippen LogP contribution in [0.4, 0.5) is 5.69 Å². The van der Waals surface area contributed by atoms with E-state index in [1.54, 1.807) is 18.2 Å². The first-order valence-corrected chi connectivity index (χ1v) is 7.12. The maximum Gasteiger partial charge on any atom is 0.231 e. The van der Waals surface area contributed by atoms with E-state index in [0.29, 0.717) is 36.8 Å². The van der Waals surface area contributed by atoms with Crippen molar-refractivity contribution in [2.24, 2.45) is 5.92 Å². The van der Waals surface area contributed by atoms with Crippen LogP contribution in [0.3, 0.4) is 0 Å². The molecule has 1 heterocycles. The van der Waals surface area contributed by atoms with E-state index >= 15 is 0 Å². The predicted molar refractivity (Wildman–Crippen MR) is 79.3 cm³/mol. The molecule has 21 heavy (non-hydrogen) atoms. The Kier molecular flexibility index (Phi) is 5.55. The zero-order valence-corrected chi connectivity index (χ0v) is 12.4. The number of anilines is 1. The van der Waals surface area contributed by atoms with E-state index in [0.717, 1.165) is 0 Å². The van der Waals surface area contributed by atoms with Crippen LogP contribution in [0.1, 0.15) is 12.5 Å². The average Bonchev–Trinajstić information content (AvgIpc) is 2.97. The quantitative estimate of drug-likeness (QED) is 0.721. The fourth-order valence-electron chi connectivity index (χ4n) is 2.41. The first-order chi connectivity index (χ1) is 10.2. The first kappa shape index (κ1) is 15.8. The molecule has 2 atom stereocenters. The Hall–Kier alpha value is -1.63. The fraction of sp³-hybridized carbons (Fsp3) is 0.533. The standard InChI is InChI=1S/C15H22N2O4/c1-3-21-14-5-4-11(6-10(14)7-18)17-15(19)12-8-20-9-13(12)16-2/h4-6,12-13,16,18H,3,7-9H2,1-2H3,(H,17,19). The molecule has 1 aliphatic heterocycles. The second-order valence-corrected chi connectivity index (χ2v) is 4.94. The number of hydrogen-bond acceptors (Lipinski definition) is 5. The molecule has 0 saturated carbocycles.